The predicted molar refractivity (Wildman–Crippen MR) is 156 cm³/mol. The largest absolute Gasteiger partial charge is 0.380 e. The first-order valence-electron chi connectivity index (χ1n) is 14.0. The van der Waals surface area contributed by atoms with Crippen LogP contribution in [0.3, 0.4) is 0 Å². The molecular formula is C32H35N5O. The lowest BCUT2D eigenvalue weighted by molar-refractivity contribution is 0.0946. The van der Waals surface area contributed by atoms with Crippen LogP contribution in [0.2, 0.25) is 0 Å². The molecule has 2 aromatic carbocycles. The van der Waals surface area contributed by atoms with Crippen LogP contribution in [0.1, 0.15) is 66.5 Å². The van der Waals surface area contributed by atoms with Crippen LogP contribution in [0, 0.1) is 6.92 Å². The molecule has 0 saturated carbocycles. The molecule has 3 N–H and O–H groups in total. The topological polar surface area (TPSA) is 82.7 Å². The molecule has 1 atom stereocenters. The molecule has 0 aliphatic heterocycles. The number of aromatic nitrogens is 3. The number of hydrogen-bond acceptors (Lipinski definition) is 4. The normalized spacial score (nSPS) is 14.1. The van der Waals surface area contributed by atoms with Crippen molar-refractivity contribution in [3.8, 4) is 0 Å². The number of rotatable bonds is 8. The van der Waals surface area contributed by atoms with Gasteiger partial charge in [0.15, 0.2) is 0 Å². The van der Waals surface area contributed by atoms with Crippen LogP contribution in [0.25, 0.3) is 32.7 Å². The molecule has 5 aromatic rings. The maximum atomic E-state index is 13.4. The van der Waals surface area contributed by atoms with E-state index in [2.05, 4.69) is 63.9 Å². The smallest absolute Gasteiger partial charge is 0.269 e. The summed E-state index contributed by atoms with van der Waals surface area (Å²) < 4.78 is 0. The molecule has 3 heterocycles. The Balaban J connectivity index is 1.27. The highest BCUT2D eigenvalue weighted by Gasteiger charge is 2.21. The molecule has 0 radical (unpaired) electrons. The standard InChI is InChI=1S/C32H35N5O/c1-3-4-11-21(35-31-23-13-6-9-16-27(23)36-28-17-10-7-14-24(28)31)19-33-32(38)29-18-25-22-12-5-8-15-26(22)37-30(25)20(2)34-29/h5-6,8-9,12-13,15-16,18,21,37H,3-4,7,10-11,14,17,19H2,1-2H3,(H,33,38)(H,35,36). The first-order valence-corrected chi connectivity index (χ1v) is 14.0. The fourth-order valence-corrected chi connectivity index (χ4v) is 5.84. The zero-order valence-corrected chi connectivity index (χ0v) is 22.2. The van der Waals surface area contributed by atoms with E-state index in [-0.39, 0.29) is 11.9 Å². The van der Waals surface area contributed by atoms with Crippen molar-refractivity contribution >= 4 is 44.3 Å². The third-order valence-electron chi connectivity index (χ3n) is 7.84. The number of benzene rings is 2. The molecule has 0 bridgehead atoms. The summed E-state index contributed by atoms with van der Waals surface area (Å²) in [4.78, 5) is 26.4. The number of nitrogens with zero attached hydrogens (tertiary/aromatic N) is 2. The van der Waals surface area contributed by atoms with Crippen LogP contribution in [0.15, 0.2) is 54.6 Å². The van der Waals surface area contributed by atoms with Gasteiger partial charge < -0.3 is 15.6 Å². The molecule has 6 nitrogen and oxygen atoms in total. The highest BCUT2D eigenvalue weighted by Crippen LogP contribution is 2.34. The van der Waals surface area contributed by atoms with Gasteiger partial charge in [-0.1, -0.05) is 56.2 Å². The number of H-pyrrole nitrogens is 1. The summed E-state index contributed by atoms with van der Waals surface area (Å²) in [5.41, 5.74) is 8.16. The number of para-hydroxylation sites is 2. The summed E-state index contributed by atoms with van der Waals surface area (Å²) in [5, 5.41) is 10.4. The molecule has 1 aliphatic rings. The Morgan fingerprint density at radius 1 is 1.00 bits per heavy atom. The number of nitrogens with one attached hydrogen (secondary N) is 3. The van der Waals surface area contributed by atoms with Gasteiger partial charge in [-0.3, -0.25) is 9.78 Å². The predicted octanol–water partition coefficient (Wildman–Crippen LogP) is 6.85. The van der Waals surface area contributed by atoms with Gasteiger partial charge in [-0.15, -0.1) is 0 Å². The third kappa shape index (κ3) is 4.60. The molecule has 38 heavy (non-hydrogen) atoms. The van der Waals surface area contributed by atoms with Crippen molar-refractivity contribution in [2.45, 2.75) is 64.8 Å². The first-order chi connectivity index (χ1) is 18.6. The van der Waals surface area contributed by atoms with E-state index in [0.29, 0.717) is 12.2 Å². The number of pyridine rings is 2. The van der Waals surface area contributed by atoms with Gasteiger partial charge in [-0.2, -0.15) is 0 Å². The minimum Gasteiger partial charge on any atom is -0.380 e. The number of unbranched alkanes of at least 4 members (excludes halogenated alkanes) is 1. The van der Waals surface area contributed by atoms with E-state index in [1.807, 2.05) is 25.1 Å². The number of fused-ring (bicyclic) bond motifs is 5. The molecule has 1 amide bonds. The van der Waals surface area contributed by atoms with Crippen molar-refractivity contribution in [2.75, 3.05) is 11.9 Å². The number of aryl methyl sites for hydroxylation is 2. The van der Waals surface area contributed by atoms with Crippen molar-refractivity contribution in [3.05, 3.63) is 77.2 Å². The molecule has 1 aliphatic carbocycles. The average molecular weight is 506 g/mol. The van der Waals surface area contributed by atoms with Crippen LogP contribution in [-0.2, 0) is 12.8 Å². The first kappa shape index (κ1) is 24.4. The SMILES string of the molecule is CCCCC(CNC(=O)c1cc2c([nH]c3ccccc32)c(C)n1)Nc1c2c(nc3ccccc13)CCCC2. The van der Waals surface area contributed by atoms with Crippen molar-refractivity contribution in [2.24, 2.45) is 0 Å². The monoisotopic (exact) mass is 505 g/mol. The van der Waals surface area contributed by atoms with Gasteiger partial charge in [-0.05, 0) is 62.8 Å². The van der Waals surface area contributed by atoms with E-state index in [9.17, 15) is 4.79 Å². The summed E-state index contributed by atoms with van der Waals surface area (Å²) in [6.07, 6.45) is 7.66. The molecule has 6 heteroatoms. The quantitative estimate of drug-likeness (QED) is 0.215. The summed E-state index contributed by atoms with van der Waals surface area (Å²) >= 11 is 0. The third-order valence-corrected chi connectivity index (χ3v) is 7.84. The lowest BCUT2D eigenvalue weighted by atomic mass is 9.92. The Hall–Kier alpha value is -3.93. The number of aromatic amines is 1. The van der Waals surface area contributed by atoms with Crippen molar-refractivity contribution in [1.82, 2.24) is 20.3 Å². The maximum Gasteiger partial charge on any atom is 0.269 e. The van der Waals surface area contributed by atoms with Gasteiger partial charge in [0.05, 0.1) is 16.7 Å². The molecule has 1 unspecified atom stereocenters. The summed E-state index contributed by atoms with van der Waals surface area (Å²) in [6, 6.07) is 18.6. The Labute approximate surface area is 223 Å². The van der Waals surface area contributed by atoms with Crippen LogP contribution in [0.4, 0.5) is 5.69 Å². The molecule has 0 fully saturated rings. The second kappa shape index (κ2) is 10.4. The number of anilines is 1. The Kier molecular flexibility index (Phi) is 6.71. The maximum absolute atomic E-state index is 13.4. The van der Waals surface area contributed by atoms with Crippen LogP contribution >= 0.6 is 0 Å². The summed E-state index contributed by atoms with van der Waals surface area (Å²) in [5.74, 6) is -0.134. The van der Waals surface area contributed by atoms with Gasteiger partial charge in [0.2, 0.25) is 0 Å². The van der Waals surface area contributed by atoms with E-state index in [1.165, 1.54) is 35.2 Å². The molecule has 6 rings (SSSR count). The van der Waals surface area contributed by atoms with Crippen molar-refractivity contribution < 1.29 is 4.79 Å². The second-order valence-electron chi connectivity index (χ2n) is 10.5. The van der Waals surface area contributed by atoms with Crippen LogP contribution < -0.4 is 10.6 Å². The zero-order chi connectivity index (χ0) is 26.1. The van der Waals surface area contributed by atoms with Crippen molar-refractivity contribution in [3.63, 3.8) is 0 Å². The van der Waals surface area contributed by atoms with Crippen LogP contribution in [-0.4, -0.2) is 33.4 Å². The van der Waals surface area contributed by atoms with Gasteiger partial charge in [0, 0.05) is 45.6 Å². The second-order valence-corrected chi connectivity index (χ2v) is 10.5. The van der Waals surface area contributed by atoms with Crippen LogP contribution in [0.5, 0.6) is 0 Å². The van der Waals surface area contributed by atoms with E-state index in [1.54, 1.807) is 0 Å². The van der Waals surface area contributed by atoms with Gasteiger partial charge in [0.1, 0.15) is 5.69 Å². The fraction of sp³-hybridized carbons (Fsp3) is 0.344. The molecular weight excluding hydrogens is 470 g/mol. The minimum absolute atomic E-state index is 0.119. The zero-order valence-electron chi connectivity index (χ0n) is 22.2. The summed E-state index contributed by atoms with van der Waals surface area (Å²) in [6.45, 7) is 4.71. The number of hydrogen-bond donors (Lipinski definition) is 3. The lowest BCUT2D eigenvalue weighted by Crippen LogP contribution is -2.37. The van der Waals surface area contributed by atoms with Gasteiger partial charge >= 0.3 is 0 Å². The molecule has 0 spiro atoms. The van der Waals surface area contributed by atoms with Crippen molar-refractivity contribution in [1.29, 1.82) is 0 Å². The highest BCUT2D eigenvalue weighted by molar-refractivity contribution is 6.10. The molecule has 194 valence electrons. The van der Waals surface area contributed by atoms with E-state index >= 15 is 0 Å². The number of amides is 1. The Morgan fingerprint density at radius 3 is 2.66 bits per heavy atom. The molecule has 3 aromatic heterocycles. The van der Waals surface area contributed by atoms with Gasteiger partial charge in [0.25, 0.3) is 5.91 Å². The average Bonchev–Trinajstić information content (AvgIpc) is 3.33. The number of carbonyl (C=O) groups excluding carboxylic acids is 1. The van der Waals surface area contributed by atoms with E-state index < -0.39 is 0 Å². The van der Waals surface area contributed by atoms with E-state index in [4.69, 9.17) is 4.98 Å². The fourth-order valence-electron chi connectivity index (χ4n) is 5.84. The minimum atomic E-state index is -0.134. The lowest BCUT2D eigenvalue weighted by Gasteiger charge is -2.26. The molecule has 0 saturated heterocycles. The Morgan fingerprint density at radius 2 is 1.79 bits per heavy atom. The highest BCUT2D eigenvalue weighted by atomic mass is 16.1. The number of carbonyl (C=O) groups is 1. The van der Waals surface area contributed by atoms with E-state index in [0.717, 1.165) is 65.1 Å². The Bertz CT molecular complexity index is 1640. The summed E-state index contributed by atoms with van der Waals surface area (Å²) in [7, 11) is 0. The van der Waals surface area contributed by atoms with Gasteiger partial charge in [-0.25, -0.2) is 4.98 Å².